The van der Waals surface area contributed by atoms with Gasteiger partial charge in [-0.25, -0.2) is 13.8 Å². The van der Waals surface area contributed by atoms with E-state index in [4.69, 9.17) is 4.74 Å². The fraction of sp³-hybridized carbons (Fsp3) is 0.286. The van der Waals surface area contributed by atoms with Gasteiger partial charge in [-0.15, -0.1) is 0 Å². The SMILES string of the molecule is Fc1cc(F)cc(Oc2cnc(CNC3CC3)cn2)c1. The highest BCUT2D eigenvalue weighted by Gasteiger charge is 2.20. The van der Waals surface area contributed by atoms with Crippen LogP contribution >= 0.6 is 0 Å². The van der Waals surface area contributed by atoms with Crippen molar-refractivity contribution in [2.45, 2.75) is 25.4 Å². The number of hydrogen-bond donors (Lipinski definition) is 1. The molecule has 0 atom stereocenters. The molecule has 20 heavy (non-hydrogen) atoms. The molecule has 1 fully saturated rings. The highest BCUT2D eigenvalue weighted by molar-refractivity contribution is 5.27. The Morgan fingerprint density at radius 1 is 1.10 bits per heavy atom. The molecule has 0 saturated heterocycles. The van der Waals surface area contributed by atoms with Crippen molar-refractivity contribution in [3.63, 3.8) is 0 Å². The summed E-state index contributed by atoms with van der Waals surface area (Å²) in [5, 5.41) is 3.31. The molecule has 2 aromatic rings. The first-order valence-electron chi connectivity index (χ1n) is 6.37. The topological polar surface area (TPSA) is 47.0 Å². The first kappa shape index (κ1) is 12.9. The van der Waals surface area contributed by atoms with E-state index in [2.05, 4.69) is 15.3 Å². The summed E-state index contributed by atoms with van der Waals surface area (Å²) < 4.78 is 31.3. The summed E-state index contributed by atoms with van der Waals surface area (Å²) in [4.78, 5) is 8.24. The molecule has 1 aromatic heterocycles. The molecule has 3 rings (SSSR count). The number of rotatable bonds is 5. The molecule has 104 valence electrons. The molecule has 0 amide bonds. The van der Waals surface area contributed by atoms with Crippen LogP contribution in [0.4, 0.5) is 8.78 Å². The van der Waals surface area contributed by atoms with E-state index in [0.717, 1.165) is 23.9 Å². The third-order valence-electron chi connectivity index (χ3n) is 2.89. The van der Waals surface area contributed by atoms with Crippen LogP contribution in [0.3, 0.4) is 0 Å². The zero-order chi connectivity index (χ0) is 13.9. The van der Waals surface area contributed by atoms with E-state index in [1.165, 1.54) is 19.0 Å². The van der Waals surface area contributed by atoms with Crippen LogP contribution in [-0.4, -0.2) is 16.0 Å². The predicted octanol–water partition coefficient (Wildman–Crippen LogP) is 2.80. The first-order chi connectivity index (χ1) is 9.69. The van der Waals surface area contributed by atoms with Gasteiger partial charge in [0.15, 0.2) is 0 Å². The molecular formula is C14H13F2N3O. The van der Waals surface area contributed by atoms with E-state index in [1.54, 1.807) is 6.20 Å². The van der Waals surface area contributed by atoms with Gasteiger partial charge in [0.2, 0.25) is 5.88 Å². The number of benzene rings is 1. The number of nitrogens with one attached hydrogen (secondary N) is 1. The van der Waals surface area contributed by atoms with Crippen molar-refractivity contribution < 1.29 is 13.5 Å². The summed E-state index contributed by atoms with van der Waals surface area (Å²) in [7, 11) is 0. The second kappa shape index (κ2) is 5.50. The molecule has 0 spiro atoms. The third kappa shape index (κ3) is 3.48. The van der Waals surface area contributed by atoms with E-state index in [1.807, 2.05) is 0 Å². The van der Waals surface area contributed by atoms with E-state index < -0.39 is 11.6 Å². The van der Waals surface area contributed by atoms with Gasteiger partial charge in [0.05, 0.1) is 18.1 Å². The molecule has 6 heteroatoms. The second-order valence-corrected chi connectivity index (χ2v) is 4.71. The Morgan fingerprint density at radius 3 is 2.45 bits per heavy atom. The summed E-state index contributed by atoms with van der Waals surface area (Å²) in [6, 6.07) is 3.56. The number of hydrogen-bond acceptors (Lipinski definition) is 4. The monoisotopic (exact) mass is 277 g/mol. The Bertz CT molecular complexity index is 580. The average molecular weight is 277 g/mol. The summed E-state index contributed by atoms with van der Waals surface area (Å²) in [6.45, 7) is 0.659. The van der Waals surface area contributed by atoms with E-state index in [-0.39, 0.29) is 11.6 Å². The number of ether oxygens (including phenoxy) is 1. The Balaban J connectivity index is 1.64. The van der Waals surface area contributed by atoms with E-state index in [0.29, 0.717) is 12.6 Å². The van der Waals surface area contributed by atoms with Gasteiger partial charge in [0.25, 0.3) is 0 Å². The van der Waals surface area contributed by atoms with Crippen molar-refractivity contribution in [2.75, 3.05) is 0 Å². The van der Waals surface area contributed by atoms with Crippen LogP contribution in [0.2, 0.25) is 0 Å². The van der Waals surface area contributed by atoms with E-state index in [9.17, 15) is 8.78 Å². The van der Waals surface area contributed by atoms with Crippen molar-refractivity contribution in [2.24, 2.45) is 0 Å². The first-order valence-corrected chi connectivity index (χ1v) is 6.37. The fourth-order valence-corrected chi connectivity index (χ4v) is 1.73. The Hall–Kier alpha value is -2.08. The van der Waals surface area contributed by atoms with Crippen molar-refractivity contribution >= 4 is 0 Å². The predicted molar refractivity (Wildman–Crippen MR) is 68.3 cm³/mol. The van der Waals surface area contributed by atoms with Crippen LogP contribution in [0.1, 0.15) is 18.5 Å². The maximum Gasteiger partial charge on any atom is 0.237 e. The lowest BCUT2D eigenvalue weighted by Crippen LogP contribution is -2.16. The fourth-order valence-electron chi connectivity index (χ4n) is 1.73. The summed E-state index contributed by atoms with van der Waals surface area (Å²) in [5.41, 5.74) is 0.801. The maximum atomic E-state index is 13.0. The van der Waals surface area contributed by atoms with Crippen LogP contribution in [0, 0.1) is 11.6 Å². The largest absolute Gasteiger partial charge is 0.437 e. The molecule has 1 N–H and O–H groups in total. The number of halogens is 2. The van der Waals surface area contributed by atoms with Crippen LogP contribution in [-0.2, 0) is 6.54 Å². The van der Waals surface area contributed by atoms with Gasteiger partial charge in [-0.2, -0.15) is 0 Å². The molecule has 1 saturated carbocycles. The smallest absolute Gasteiger partial charge is 0.237 e. The Labute approximate surface area is 114 Å². The number of nitrogens with zero attached hydrogens (tertiary/aromatic N) is 2. The van der Waals surface area contributed by atoms with Gasteiger partial charge < -0.3 is 10.1 Å². The van der Waals surface area contributed by atoms with E-state index >= 15 is 0 Å². The lowest BCUT2D eigenvalue weighted by Gasteiger charge is -2.06. The zero-order valence-electron chi connectivity index (χ0n) is 10.6. The van der Waals surface area contributed by atoms with Crippen LogP contribution in [0.25, 0.3) is 0 Å². The normalized spacial score (nSPS) is 14.3. The molecule has 4 nitrogen and oxygen atoms in total. The molecule has 1 aromatic carbocycles. The van der Waals surface area contributed by atoms with Crippen LogP contribution < -0.4 is 10.1 Å². The summed E-state index contributed by atoms with van der Waals surface area (Å²) in [5.74, 6) is -1.14. The molecule has 0 radical (unpaired) electrons. The lowest BCUT2D eigenvalue weighted by molar-refractivity contribution is 0.447. The third-order valence-corrected chi connectivity index (χ3v) is 2.89. The molecule has 0 unspecified atom stereocenters. The van der Waals surface area contributed by atoms with Crippen molar-refractivity contribution in [1.82, 2.24) is 15.3 Å². The van der Waals surface area contributed by atoms with Crippen molar-refractivity contribution in [1.29, 1.82) is 0 Å². The molecule has 0 aliphatic heterocycles. The van der Waals surface area contributed by atoms with Gasteiger partial charge in [-0.1, -0.05) is 0 Å². The molecule has 1 aliphatic rings. The second-order valence-electron chi connectivity index (χ2n) is 4.71. The summed E-state index contributed by atoms with van der Waals surface area (Å²) >= 11 is 0. The quantitative estimate of drug-likeness (QED) is 0.913. The zero-order valence-corrected chi connectivity index (χ0v) is 10.6. The van der Waals surface area contributed by atoms with Gasteiger partial charge in [0, 0.05) is 30.8 Å². The highest BCUT2D eigenvalue weighted by Crippen LogP contribution is 2.21. The molecular weight excluding hydrogens is 264 g/mol. The Kier molecular flexibility index (Phi) is 3.56. The summed E-state index contributed by atoms with van der Waals surface area (Å²) in [6.07, 6.45) is 5.44. The lowest BCUT2D eigenvalue weighted by atomic mass is 10.3. The minimum Gasteiger partial charge on any atom is -0.437 e. The van der Waals surface area contributed by atoms with Gasteiger partial charge in [0.1, 0.15) is 17.4 Å². The highest BCUT2D eigenvalue weighted by atomic mass is 19.1. The maximum absolute atomic E-state index is 13.0. The van der Waals surface area contributed by atoms with Gasteiger partial charge in [-0.05, 0) is 12.8 Å². The number of aromatic nitrogens is 2. The molecule has 1 aliphatic carbocycles. The van der Waals surface area contributed by atoms with Gasteiger partial charge in [-0.3, -0.25) is 4.98 Å². The Morgan fingerprint density at radius 2 is 1.85 bits per heavy atom. The standard InChI is InChI=1S/C14H13F2N3O/c15-9-3-10(16)5-13(4-9)20-14-8-18-12(7-19-14)6-17-11-1-2-11/h3-5,7-8,11,17H,1-2,6H2. The molecule has 0 bridgehead atoms. The van der Waals surface area contributed by atoms with Crippen LogP contribution in [0.15, 0.2) is 30.6 Å². The van der Waals surface area contributed by atoms with Crippen molar-refractivity contribution in [3.8, 4) is 11.6 Å². The average Bonchev–Trinajstić information content (AvgIpc) is 3.21. The minimum atomic E-state index is -0.696. The van der Waals surface area contributed by atoms with Crippen molar-refractivity contribution in [3.05, 3.63) is 47.9 Å². The van der Waals surface area contributed by atoms with Crippen LogP contribution in [0.5, 0.6) is 11.6 Å². The molecule has 1 heterocycles. The van der Waals surface area contributed by atoms with Gasteiger partial charge >= 0.3 is 0 Å². The minimum absolute atomic E-state index is 0.0562.